The smallest absolute Gasteiger partial charge is 0.251 e. The second kappa shape index (κ2) is 9.34. The van der Waals surface area contributed by atoms with E-state index in [0.29, 0.717) is 11.3 Å². The number of pyridine rings is 1. The van der Waals surface area contributed by atoms with Gasteiger partial charge in [0.1, 0.15) is 4.90 Å². The van der Waals surface area contributed by atoms with Crippen LogP contribution in [0.15, 0.2) is 47.5 Å². The second-order valence-corrected chi connectivity index (χ2v) is 8.71. The van der Waals surface area contributed by atoms with Crippen molar-refractivity contribution < 1.29 is 13.2 Å². The summed E-state index contributed by atoms with van der Waals surface area (Å²) in [6, 6.07) is 10.3. The molecule has 1 aromatic carbocycles. The summed E-state index contributed by atoms with van der Waals surface area (Å²) in [5, 5.41) is 2.79. The molecule has 1 fully saturated rings. The van der Waals surface area contributed by atoms with E-state index in [1.54, 1.807) is 31.3 Å². The number of aromatic nitrogens is 1. The Balaban J connectivity index is 1.86. The van der Waals surface area contributed by atoms with Crippen LogP contribution in [-0.2, 0) is 16.6 Å². The summed E-state index contributed by atoms with van der Waals surface area (Å²) in [6.45, 7) is 5.46. The second-order valence-electron chi connectivity index (χ2n) is 6.98. The van der Waals surface area contributed by atoms with Crippen LogP contribution in [-0.4, -0.2) is 64.0 Å². The van der Waals surface area contributed by atoms with Crippen molar-refractivity contribution in [1.82, 2.24) is 19.9 Å². The predicted octanol–water partition coefficient (Wildman–Crippen LogP) is 1.06. The molecule has 29 heavy (non-hydrogen) atoms. The molecule has 1 aromatic heterocycles. The van der Waals surface area contributed by atoms with E-state index >= 15 is 0 Å². The normalized spacial score (nSPS) is 15.3. The molecule has 0 unspecified atom stereocenters. The maximum atomic E-state index is 12.8. The molecule has 0 atom stereocenters. The molecular weight excluding hydrogens is 390 g/mol. The maximum Gasteiger partial charge on any atom is 0.251 e. The van der Waals surface area contributed by atoms with Crippen molar-refractivity contribution in [2.75, 3.05) is 44.7 Å². The number of nitrogens with one attached hydrogen (secondary N) is 2. The first-order valence-corrected chi connectivity index (χ1v) is 11.1. The highest BCUT2D eigenvalue weighted by Crippen LogP contribution is 2.27. The SMILES string of the molecule is CCNS(=O)(=O)c1cc(C(=O)NCc2ccccn2)ccc1N1CCN(C)CC1. The van der Waals surface area contributed by atoms with Gasteiger partial charge in [-0.15, -0.1) is 0 Å². The zero-order chi connectivity index (χ0) is 20.9. The number of carbonyl (C=O) groups excluding carboxylic acids is 1. The predicted molar refractivity (Wildman–Crippen MR) is 112 cm³/mol. The lowest BCUT2D eigenvalue weighted by atomic mass is 10.1. The van der Waals surface area contributed by atoms with Gasteiger partial charge in [0.25, 0.3) is 5.91 Å². The number of nitrogens with zero attached hydrogens (tertiary/aromatic N) is 3. The minimum atomic E-state index is -3.72. The molecular formula is C20H27N5O3S. The van der Waals surface area contributed by atoms with Gasteiger partial charge in [0.05, 0.1) is 17.9 Å². The van der Waals surface area contributed by atoms with E-state index in [-0.39, 0.29) is 23.9 Å². The molecule has 0 spiro atoms. The first kappa shape index (κ1) is 21.2. The number of hydrogen-bond acceptors (Lipinski definition) is 6. The molecule has 156 valence electrons. The summed E-state index contributed by atoms with van der Waals surface area (Å²) in [6.07, 6.45) is 1.66. The van der Waals surface area contributed by atoms with Gasteiger partial charge in [0.2, 0.25) is 10.0 Å². The highest BCUT2D eigenvalue weighted by atomic mass is 32.2. The molecule has 0 aliphatic carbocycles. The fraction of sp³-hybridized carbons (Fsp3) is 0.400. The van der Waals surface area contributed by atoms with Crippen molar-refractivity contribution >= 4 is 21.6 Å². The molecule has 1 aliphatic rings. The van der Waals surface area contributed by atoms with Crippen LogP contribution in [0.4, 0.5) is 5.69 Å². The van der Waals surface area contributed by atoms with Crippen LogP contribution >= 0.6 is 0 Å². The fourth-order valence-electron chi connectivity index (χ4n) is 3.22. The maximum absolute atomic E-state index is 12.8. The zero-order valence-corrected chi connectivity index (χ0v) is 17.6. The number of likely N-dealkylation sites (N-methyl/N-ethyl adjacent to an activating group) is 1. The minimum Gasteiger partial charge on any atom is -0.368 e. The van der Waals surface area contributed by atoms with Gasteiger partial charge in [-0.05, 0) is 37.4 Å². The Hall–Kier alpha value is -2.49. The monoisotopic (exact) mass is 417 g/mol. The number of benzene rings is 1. The van der Waals surface area contributed by atoms with Crippen LogP contribution in [0, 0.1) is 0 Å². The Morgan fingerprint density at radius 2 is 1.90 bits per heavy atom. The van der Waals surface area contributed by atoms with Crippen molar-refractivity contribution in [2.24, 2.45) is 0 Å². The van der Waals surface area contributed by atoms with Gasteiger partial charge in [-0.2, -0.15) is 0 Å². The number of amides is 1. The Kier molecular flexibility index (Phi) is 6.83. The van der Waals surface area contributed by atoms with Crippen LogP contribution in [0.2, 0.25) is 0 Å². The standard InChI is InChI=1S/C20H27N5O3S/c1-3-23-29(27,28)19-14-16(20(26)22-15-17-6-4-5-9-21-17)7-8-18(19)25-12-10-24(2)11-13-25/h4-9,14,23H,3,10-13,15H2,1-2H3,(H,22,26). The molecule has 2 N–H and O–H groups in total. The van der Waals surface area contributed by atoms with Crippen molar-refractivity contribution in [1.29, 1.82) is 0 Å². The lowest BCUT2D eigenvalue weighted by molar-refractivity contribution is 0.0950. The quantitative estimate of drug-likeness (QED) is 0.700. The number of hydrogen-bond donors (Lipinski definition) is 2. The molecule has 1 aliphatic heterocycles. The number of piperazine rings is 1. The number of carbonyl (C=O) groups is 1. The minimum absolute atomic E-state index is 0.134. The lowest BCUT2D eigenvalue weighted by Gasteiger charge is -2.35. The van der Waals surface area contributed by atoms with E-state index in [1.165, 1.54) is 6.07 Å². The average Bonchev–Trinajstić information content (AvgIpc) is 2.73. The van der Waals surface area contributed by atoms with E-state index < -0.39 is 10.0 Å². The Bertz CT molecular complexity index is 942. The summed E-state index contributed by atoms with van der Waals surface area (Å²) in [5.74, 6) is -0.339. The van der Waals surface area contributed by atoms with Gasteiger partial charge >= 0.3 is 0 Å². The largest absolute Gasteiger partial charge is 0.368 e. The highest BCUT2D eigenvalue weighted by Gasteiger charge is 2.25. The summed E-state index contributed by atoms with van der Waals surface area (Å²) < 4.78 is 28.2. The van der Waals surface area contributed by atoms with Crippen LogP contribution in [0.1, 0.15) is 23.0 Å². The topological polar surface area (TPSA) is 94.6 Å². The fourth-order valence-corrected chi connectivity index (χ4v) is 4.51. The Morgan fingerprint density at radius 3 is 2.55 bits per heavy atom. The third-order valence-corrected chi connectivity index (χ3v) is 6.42. The molecule has 1 saturated heterocycles. The van der Waals surface area contributed by atoms with Crippen molar-refractivity contribution in [3.05, 3.63) is 53.9 Å². The molecule has 0 radical (unpaired) electrons. The Morgan fingerprint density at radius 1 is 1.14 bits per heavy atom. The molecule has 9 heteroatoms. The van der Waals surface area contributed by atoms with Gasteiger partial charge in [-0.3, -0.25) is 9.78 Å². The van der Waals surface area contributed by atoms with Gasteiger partial charge in [0.15, 0.2) is 0 Å². The molecule has 2 heterocycles. The third kappa shape index (κ3) is 5.31. The van der Waals surface area contributed by atoms with Crippen LogP contribution in [0.25, 0.3) is 0 Å². The molecule has 1 amide bonds. The van der Waals surface area contributed by atoms with Crippen LogP contribution in [0.5, 0.6) is 0 Å². The van der Waals surface area contributed by atoms with Gasteiger partial charge in [-0.25, -0.2) is 13.1 Å². The van der Waals surface area contributed by atoms with Gasteiger partial charge in [-0.1, -0.05) is 13.0 Å². The summed E-state index contributed by atoms with van der Waals surface area (Å²) in [7, 11) is -1.68. The summed E-state index contributed by atoms with van der Waals surface area (Å²) in [5.41, 5.74) is 1.66. The first-order valence-electron chi connectivity index (χ1n) is 9.66. The van der Waals surface area contributed by atoms with Crippen molar-refractivity contribution in [3.63, 3.8) is 0 Å². The van der Waals surface area contributed by atoms with Crippen LogP contribution < -0.4 is 14.9 Å². The number of sulfonamides is 1. The lowest BCUT2D eigenvalue weighted by Crippen LogP contribution is -2.45. The molecule has 3 rings (SSSR count). The number of anilines is 1. The molecule has 8 nitrogen and oxygen atoms in total. The third-order valence-electron chi connectivity index (χ3n) is 4.85. The van der Waals surface area contributed by atoms with E-state index in [1.807, 2.05) is 19.2 Å². The van der Waals surface area contributed by atoms with Gasteiger partial charge < -0.3 is 15.1 Å². The zero-order valence-electron chi connectivity index (χ0n) is 16.8. The molecule has 0 bridgehead atoms. The van der Waals surface area contributed by atoms with Gasteiger partial charge in [0, 0.05) is 44.5 Å². The summed E-state index contributed by atoms with van der Waals surface area (Å²) in [4.78, 5) is 21.2. The van der Waals surface area contributed by atoms with E-state index in [4.69, 9.17) is 0 Å². The molecule has 2 aromatic rings. The van der Waals surface area contributed by atoms with E-state index in [9.17, 15) is 13.2 Å². The number of rotatable bonds is 7. The highest BCUT2D eigenvalue weighted by molar-refractivity contribution is 7.89. The summed E-state index contributed by atoms with van der Waals surface area (Å²) >= 11 is 0. The molecule has 0 saturated carbocycles. The van der Waals surface area contributed by atoms with Crippen LogP contribution in [0.3, 0.4) is 0 Å². The van der Waals surface area contributed by atoms with E-state index in [0.717, 1.165) is 31.9 Å². The van der Waals surface area contributed by atoms with Crippen molar-refractivity contribution in [2.45, 2.75) is 18.4 Å². The average molecular weight is 418 g/mol. The van der Waals surface area contributed by atoms with E-state index in [2.05, 4.69) is 24.8 Å². The Labute approximate surface area is 172 Å². The van der Waals surface area contributed by atoms with Crippen molar-refractivity contribution in [3.8, 4) is 0 Å². The first-order chi connectivity index (χ1) is 13.9.